The molecule has 0 aliphatic carbocycles. The fraction of sp³-hybridized carbons (Fsp3) is 0.455. The summed E-state index contributed by atoms with van der Waals surface area (Å²) in [5, 5.41) is 0.609. The Labute approximate surface area is 176 Å². The smallest absolute Gasteiger partial charge is 0.180 e. The Morgan fingerprint density at radius 3 is 2.43 bits per heavy atom. The number of halogens is 1. The van der Waals surface area contributed by atoms with E-state index in [-0.39, 0.29) is 11.5 Å². The molecule has 1 aliphatic rings. The van der Waals surface area contributed by atoms with Crippen molar-refractivity contribution in [2.75, 3.05) is 26.1 Å². The van der Waals surface area contributed by atoms with Crippen molar-refractivity contribution in [1.29, 1.82) is 0 Å². The molecular formula is C22H27ClO4S. The highest BCUT2D eigenvalue weighted by molar-refractivity contribution is 7.99. The van der Waals surface area contributed by atoms with E-state index >= 15 is 0 Å². The number of fused-ring (bicyclic) bond motifs is 1. The van der Waals surface area contributed by atoms with Crippen LogP contribution in [0.2, 0.25) is 5.02 Å². The number of hydrogen-bond acceptors (Lipinski definition) is 5. The van der Waals surface area contributed by atoms with Crippen molar-refractivity contribution in [1.82, 2.24) is 0 Å². The first-order valence-electron chi connectivity index (χ1n) is 9.54. The predicted octanol–water partition coefficient (Wildman–Crippen LogP) is 5.89. The zero-order valence-corrected chi connectivity index (χ0v) is 18.4. The number of benzene rings is 2. The molecule has 28 heavy (non-hydrogen) atoms. The van der Waals surface area contributed by atoms with Crippen LogP contribution >= 0.6 is 23.4 Å². The summed E-state index contributed by atoms with van der Waals surface area (Å²) in [6.07, 6.45) is 2.60. The molecule has 152 valence electrons. The van der Waals surface area contributed by atoms with Crippen LogP contribution in [0, 0.1) is 0 Å². The second-order valence-corrected chi connectivity index (χ2v) is 8.14. The predicted molar refractivity (Wildman–Crippen MR) is 115 cm³/mol. The van der Waals surface area contributed by atoms with Crippen LogP contribution in [0.25, 0.3) is 0 Å². The molecule has 0 bridgehead atoms. The Balaban J connectivity index is 1.93. The molecule has 0 spiro atoms. The van der Waals surface area contributed by atoms with E-state index in [1.54, 1.807) is 11.8 Å². The maximum absolute atomic E-state index is 6.69. The maximum Gasteiger partial charge on any atom is 0.180 e. The molecule has 0 N–H and O–H groups in total. The third-order valence-electron chi connectivity index (χ3n) is 4.65. The minimum Gasteiger partial charge on any atom is -0.494 e. The van der Waals surface area contributed by atoms with Gasteiger partial charge < -0.3 is 18.9 Å². The third kappa shape index (κ3) is 4.88. The molecule has 1 aliphatic heterocycles. The minimum absolute atomic E-state index is 0.0837. The van der Waals surface area contributed by atoms with Crippen LogP contribution in [0.15, 0.2) is 30.3 Å². The average Bonchev–Trinajstić information content (AvgIpc) is 2.71. The van der Waals surface area contributed by atoms with Crippen molar-refractivity contribution in [3.63, 3.8) is 0 Å². The van der Waals surface area contributed by atoms with E-state index < -0.39 is 0 Å². The minimum atomic E-state index is -0.130. The van der Waals surface area contributed by atoms with Crippen molar-refractivity contribution >= 4 is 23.4 Å². The highest BCUT2D eigenvalue weighted by Crippen LogP contribution is 2.46. The lowest BCUT2D eigenvalue weighted by Gasteiger charge is -2.27. The average molecular weight is 423 g/mol. The molecule has 1 heterocycles. The van der Waals surface area contributed by atoms with Gasteiger partial charge in [0.25, 0.3) is 0 Å². The van der Waals surface area contributed by atoms with Gasteiger partial charge >= 0.3 is 0 Å². The second kappa shape index (κ2) is 9.77. The quantitative estimate of drug-likeness (QED) is 0.496. The molecule has 0 aromatic heterocycles. The fourth-order valence-corrected chi connectivity index (χ4v) is 3.74. The zero-order valence-electron chi connectivity index (χ0n) is 16.8. The second-order valence-electron chi connectivity index (χ2n) is 6.63. The molecule has 0 saturated carbocycles. The van der Waals surface area contributed by atoms with Gasteiger partial charge in [-0.05, 0) is 62.8 Å². The Morgan fingerprint density at radius 2 is 1.79 bits per heavy atom. The summed E-state index contributed by atoms with van der Waals surface area (Å²) < 4.78 is 23.4. The summed E-state index contributed by atoms with van der Waals surface area (Å²) >= 11 is 8.36. The monoisotopic (exact) mass is 422 g/mol. The molecule has 0 amide bonds. The molecule has 0 fully saturated rings. The van der Waals surface area contributed by atoms with E-state index in [0.717, 1.165) is 22.4 Å². The molecule has 6 heteroatoms. The Bertz CT molecular complexity index is 794. The van der Waals surface area contributed by atoms with Crippen LogP contribution in [0.1, 0.15) is 43.6 Å². The van der Waals surface area contributed by atoms with Crippen molar-refractivity contribution in [3.8, 4) is 17.2 Å². The lowest BCUT2D eigenvalue weighted by Crippen LogP contribution is -2.19. The van der Waals surface area contributed by atoms with E-state index in [4.69, 9.17) is 30.5 Å². The van der Waals surface area contributed by atoms with Crippen LogP contribution in [-0.4, -0.2) is 31.5 Å². The SMILES string of the molecule is CCOc1ccc(Cc2cc([C@@H](C)O[C@@H](C)SC)c3c(c2Cl)OCCO3)cc1. The van der Waals surface area contributed by atoms with Crippen molar-refractivity contribution in [3.05, 3.63) is 52.0 Å². The first-order valence-corrected chi connectivity index (χ1v) is 11.2. The summed E-state index contributed by atoms with van der Waals surface area (Å²) in [4.78, 5) is 0. The third-order valence-corrected chi connectivity index (χ3v) is 5.84. The van der Waals surface area contributed by atoms with E-state index in [1.165, 1.54) is 0 Å². The highest BCUT2D eigenvalue weighted by atomic mass is 35.5. The first-order chi connectivity index (χ1) is 13.5. The Kier molecular flexibility index (Phi) is 7.38. The number of ether oxygens (including phenoxy) is 4. The lowest BCUT2D eigenvalue weighted by molar-refractivity contribution is 0.0519. The maximum atomic E-state index is 6.69. The van der Waals surface area contributed by atoms with E-state index in [0.29, 0.717) is 42.8 Å². The summed E-state index contributed by atoms with van der Waals surface area (Å²) in [6, 6.07) is 10.2. The van der Waals surface area contributed by atoms with Gasteiger partial charge in [0.2, 0.25) is 0 Å². The molecule has 0 radical (unpaired) electrons. The zero-order chi connectivity index (χ0) is 20.1. The van der Waals surface area contributed by atoms with Crippen molar-refractivity contribution in [2.24, 2.45) is 0 Å². The molecular weight excluding hydrogens is 396 g/mol. The number of rotatable bonds is 8. The van der Waals surface area contributed by atoms with Crippen LogP contribution in [-0.2, 0) is 11.2 Å². The summed E-state index contributed by atoms with van der Waals surface area (Å²) in [7, 11) is 0. The van der Waals surface area contributed by atoms with Crippen LogP contribution < -0.4 is 14.2 Å². The largest absolute Gasteiger partial charge is 0.494 e. The molecule has 4 nitrogen and oxygen atoms in total. The van der Waals surface area contributed by atoms with Crippen LogP contribution in [0.5, 0.6) is 17.2 Å². The van der Waals surface area contributed by atoms with Gasteiger partial charge in [-0.25, -0.2) is 0 Å². The van der Waals surface area contributed by atoms with Gasteiger partial charge in [0.05, 0.1) is 17.7 Å². The standard InChI is InChI=1S/C22H27ClO4S/c1-5-24-18-8-6-16(7-9-18)12-17-13-19(14(2)27-15(3)28-4)21-22(20(17)23)26-11-10-25-21/h6-9,13-15H,5,10-12H2,1-4H3/t14-,15-/m1/s1. The molecule has 3 rings (SSSR count). The van der Waals surface area contributed by atoms with E-state index in [1.807, 2.05) is 39.2 Å². The Hall–Kier alpha value is -1.56. The summed E-state index contributed by atoms with van der Waals surface area (Å²) in [5.74, 6) is 2.19. The Morgan fingerprint density at radius 1 is 1.11 bits per heavy atom. The molecule has 2 atom stereocenters. The van der Waals surface area contributed by atoms with Gasteiger partial charge in [0.1, 0.15) is 24.4 Å². The van der Waals surface area contributed by atoms with Gasteiger partial charge in [0, 0.05) is 5.56 Å². The van der Waals surface area contributed by atoms with Crippen LogP contribution in [0.4, 0.5) is 0 Å². The van der Waals surface area contributed by atoms with Crippen molar-refractivity contribution < 1.29 is 18.9 Å². The van der Waals surface area contributed by atoms with Crippen LogP contribution in [0.3, 0.4) is 0 Å². The summed E-state index contributed by atoms with van der Waals surface area (Å²) in [5.41, 5.74) is 3.21. The normalized spacial score (nSPS) is 15.2. The lowest BCUT2D eigenvalue weighted by atomic mass is 9.98. The van der Waals surface area contributed by atoms with E-state index in [2.05, 4.69) is 18.2 Å². The first kappa shape index (κ1) is 21.2. The van der Waals surface area contributed by atoms with Gasteiger partial charge in [-0.2, -0.15) is 0 Å². The topological polar surface area (TPSA) is 36.9 Å². The number of hydrogen-bond donors (Lipinski definition) is 0. The van der Waals surface area contributed by atoms with Gasteiger partial charge in [-0.15, -0.1) is 11.8 Å². The highest BCUT2D eigenvalue weighted by Gasteiger charge is 2.26. The summed E-state index contributed by atoms with van der Waals surface area (Å²) in [6.45, 7) is 7.72. The van der Waals surface area contributed by atoms with E-state index in [9.17, 15) is 0 Å². The number of thioether (sulfide) groups is 1. The van der Waals surface area contributed by atoms with Crippen molar-refractivity contribution in [2.45, 2.75) is 38.7 Å². The fourth-order valence-electron chi connectivity index (χ4n) is 3.20. The van der Waals surface area contributed by atoms with Gasteiger partial charge in [0.15, 0.2) is 11.5 Å². The van der Waals surface area contributed by atoms with Gasteiger partial charge in [-0.1, -0.05) is 23.7 Å². The molecule has 0 saturated heterocycles. The molecule has 2 aromatic carbocycles. The molecule has 0 unspecified atom stereocenters. The molecule has 2 aromatic rings. The van der Waals surface area contributed by atoms with Gasteiger partial charge in [-0.3, -0.25) is 0 Å².